The lowest BCUT2D eigenvalue weighted by Gasteiger charge is -2.11. The van der Waals surface area contributed by atoms with E-state index >= 15 is 0 Å². The molecule has 3 nitrogen and oxygen atoms in total. The van der Waals surface area contributed by atoms with Crippen molar-refractivity contribution in [2.75, 3.05) is 0 Å². The summed E-state index contributed by atoms with van der Waals surface area (Å²) in [5.41, 5.74) is 3.19. The molecule has 0 aliphatic heterocycles. The normalized spacial score (nSPS) is 11.8. The van der Waals surface area contributed by atoms with Crippen molar-refractivity contribution in [3.05, 3.63) is 71.9 Å². The van der Waals surface area contributed by atoms with Gasteiger partial charge in [-0.05, 0) is 48.6 Å². The molecular formula is C22H22N2O. The van der Waals surface area contributed by atoms with Crippen LogP contribution in [0.2, 0.25) is 0 Å². The molecule has 126 valence electrons. The van der Waals surface area contributed by atoms with Gasteiger partial charge in [0.15, 0.2) is 0 Å². The van der Waals surface area contributed by atoms with Gasteiger partial charge in [-0.15, -0.1) is 0 Å². The molecule has 25 heavy (non-hydrogen) atoms. The Kier molecular flexibility index (Phi) is 5.64. The molecule has 0 bridgehead atoms. The molecule has 2 aromatic carbocycles. The first kappa shape index (κ1) is 17.0. The number of nitriles is 1. The second-order valence-electron chi connectivity index (χ2n) is 6.43. The molecule has 0 N–H and O–H groups in total. The third kappa shape index (κ3) is 4.81. The zero-order chi connectivity index (χ0) is 17.5. The number of para-hydroxylation sites is 1. The van der Waals surface area contributed by atoms with Crippen molar-refractivity contribution < 1.29 is 4.74 Å². The summed E-state index contributed by atoms with van der Waals surface area (Å²) in [6, 6.07) is 22.6. The topological polar surface area (TPSA) is 45.9 Å². The quantitative estimate of drug-likeness (QED) is 0.591. The molecule has 3 heteroatoms. The monoisotopic (exact) mass is 330 g/mol. The highest BCUT2D eigenvalue weighted by molar-refractivity contribution is 5.78. The second kappa shape index (κ2) is 8.30. The minimum absolute atomic E-state index is 0.461. The molecule has 1 atom stereocenters. The highest BCUT2D eigenvalue weighted by Gasteiger charge is 2.04. The van der Waals surface area contributed by atoms with E-state index in [4.69, 9.17) is 10.00 Å². The molecule has 0 aliphatic rings. The fourth-order valence-corrected chi connectivity index (χ4v) is 2.88. The number of aromatic nitrogens is 1. The van der Waals surface area contributed by atoms with Crippen molar-refractivity contribution in [3.63, 3.8) is 0 Å². The van der Waals surface area contributed by atoms with Crippen LogP contribution in [0.1, 0.15) is 31.0 Å². The van der Waals surface area contributed by atoms with E-state index in [0.717, 1.165) is 35.2 Å². The van der Waals surface area contributed by atoms with Gasteiger partial charge < -0.3 is 4.74 Å². The average molecular weight is 330 g/mol. The number of pyridine rings is 1. The Morgan fingerprint density at radius 2 is 1.84 bits per heavy atom. The number of rotatable bonds is 7. The zero-order valence-electron chi connectivity index (χ0n) is 14.5. The maximum atomic E-state index is 8.66. The summed E-state index contributed by atoms with van der Waals surface area (Å²) in [6.07, 6.45) is 2.57. The lowest BCUT2D eigenvalue weighted by atomic mass is 9.97. The molecule has 0 radical (unpaired) electrons. The van der Waals surface area contributed by atoms with Gasteiger partial charge in [0.25, 0.3) is 0 Å². The lowest BCUT2D eigenvalue weighted by molar-refractivity contribution is 0.301. The third-order valence-electron chi connectivity index (χ3n) is 4.30. The maximum Gasteiger partial charge on any atom is 0.130 e. The van der Waals surface area contributed by atoms with E-state index in [2.05, 4.69) is 42.2 Å². The van der Waals surface area contributed by atoms with E-state index in [9.17, 15) is 0 Å². The summed E-state index contributed by atoms with van der Waals surface area (Å²) in [7, 11) is 0. The fourth-order valence-electron chi connectivity index (χ4n) is 2.88. The third-order valence-corrected chi connectivity index (χ3v) is 4.30. The maximum absolute atomic E-state index is 8.66. The van der Waals surface area contributed by atoms with Crippen molar-refractivity contribution >= 4 is 10.9 Å². The van der Waals surface area contributed by atoms with Crippen LogP contribution in [0.25, 0.3) is 10.9 Å². The molecule has 1 unspecified atom stereocenters. The van der Waals surface area contributed by atoms with E-state index in [1.807, 2.05) is 36.4 Å². The van der Waals surface area contributed by atoms with Crippen LogP contribution in [0.3, 0.4) is 0 Å². The van der Waals surface area contributed by atoms with Gasteiger partial charge in [-0.1, -0.05) is 43.3 Å². The molecule has 1 aromatic heterocycles. The van der Waals surface area contributed by atoms with Crippen LogP contribution < -0.4 is 4.74 Å². The zero-order valence-corrected chi connectivity index (χ0v) is 14.5. The predicted octanol–water partition coefficient (Wildman–Crippen LogP) is 5.30. The molecule has 0 amide bonds. The van der Waals surface area contributed by atoms with Crippen molar-refractivity contribution in [2.24, 2.45) is 5.92 Å². The number of hydrogen-bond acceptors (Lipinski definition) is 3. The van der Waals surface area contributed by atoms with Gasteiger partial charge in [0.1, 0.15) is 12.4 Å². The van der Waals surface area contributed by atoms with Crippen LogP contribution in [0.15, 0.2) is 60.7 Å². The van der Waals surface area contributed by atoms with E-state index < -0.39 is 0 Å². The van der Waals surface area contributed by atoms with Crippen LogP contribution in [-0.4, -0.2) is 4.98 Å². The Hall–Kier alpha value is -2.86. The lowest BCUT2D eigenvalue weighted by Crippen LogP contribution is -2.00. The fraction of sp³-hybridized carbons (Fsp3) is 0.273. The van der Waals surface area contributed by atoms with Gasteiger partial charge in [-0.2, -0.15) is 5.26 Å². The van der Waals surface area contributed by atoms with Crippen molar-refractivity contribution in [2.45, 2.75) is 32.8 Å². The SMILES string of the molecule is CC(CCC#N)Cc1ccc(OCc2ccc3ccccc3n2)cc1. The highest BCUT2D eigenvalue weighted by atomic mass is 16.5. The van der Waals surface area contributed by atoms with Crippen molar-refractivity contribution in [1.29, 1.82) is 5.26 Å². The molecular weight excluding hydrogens is 308 g/mol. The minimum atomic E-state index is 0.461. The molecule has 3 aromatic rings. The van der Waals surface area contributed by atoms with Crippen LogP contribution in [-0.2, 0) is 13.0 Å². The van der Waals surface area contributed by atoms with Gasteiger partial charge >= 0.3 is 0 Å². The van der Waals surface area contributed by atoms with Crippen LogP contribution in [0.4, 0.5) is 0 Å². The van der Waals surface area contributed by atoms with E-state index in [0.29, 0.717) is 18.9 Å². The summed E-state index contributed by atoms with van der Waals surface area (Å²) in [4.78, 5) is 4.62. The summed E-state index contributed by atoms with van der Waals surface area (Å²) < 4.78 is 5.86. The first-order chi connectivity index (χ1) is 12.2. The largest absolute Gasteiger partial charge is 0.487 e. The van der Waals surface area contributed by atoms with Crippen molar-refractivity contribution in [1.82, 2.24) is 4.98 Å². The Morgan fingerprint density at radius 3 is 2.64 bits per heavy atom. The second-order valence-corrected chi connectivity index (χ2v) is 6.43. The van der Waals surface area contributed by atoms with E-state index in [1.54, 1.807) is 0 Å². The Bertz CT molecular complexity index is 865. The smallest absolute Gasteiger partial charge is 0.130 e. The van der Waals surface area contributed by atoms with Crippen LogP contribution >= 0.6 is 0 Å². The standard InChI is InChI=1S/C22H22N2O/c1-17(5-4-14-23)15-18-8-12-21(13-9-18)25-16-20-11-10-19-6-2-3-7-22(19)24-20/h2-3,6-13,17H,4-5,15-16H2,1H3. The van der Waals surface area contributed by atoms with Crippen molar-refractivity contribution in [3.8, 4) is 11.8 Å². The van der Waals surface area contributed by atoms with E-state index in [-0.39, 0.29) is 0 Å². The molecule has 0 saturated carbocycles. The first-order valence-corrected chi connectivity index (χ1v) is 8.68. The highest BCUT2D eigenvalue weighted by Crippen LogP contribution is 2.19. The number of nitrogens with zero attached hydrogens (tertiary/aromatic N) is 2. The summed E-state index contributed by atoms with van der Waals surface area (Å²) in [5, 5.41) is 9.80. The van der Waals surface area contributed by atoms with Gasteiger partial charge in [0.2, 0.25) is 0 Å². The van der Waals surface area contributed by atoms with Gasteiger partial charge in [-0.25, -0.2) is 4.98 Å². The first-order valence-electron chi connectivity index (χ1n) is 8.68. The van der Waals surface area contributed by atoms with Crippen LogP contribution in [0, 0.1) is 17.2 Å². The predicted molar refractivity (Wildman–Crippen MR) is 100 cm³/mol. The minimum Gasteiger partial charge on any atom is -0.487 e. The van der Waals surface area contributed by atoms with Crippen LogP contribution in [0.5, 0.6) is 5.75 Å². The molecule has 0 saturated heterocycles. The molecule has 3 rings (SSSR count). The Balaban J connectivity index is 1.56. The Labute approximate surface area is 148 Å². The van der Waals surface area contributed by atoms with E-state index in [1.165, 1.54) is 5.56 Å². The number of fused-ring (bicyclic) bond motifs is 1. The average Bonchev–Trinajstić information content (AvgIpc) is 2.65. The number of hydrogen-bond donors (Lipinski definition) is 0. The summed E-state index contributed by atoms with van der Waals surface area (Å²) in [5.74, 6) is 1.37. The molecule has 0 spiro atoms. The number of ether oxygens (including phenoxy) is 1. The molecule has 0 aliphatic carbocycles. The molecule has 1 heterocycles. The number of benzene rings is 2. The van der Waals surface area contributed by atoms with Gasteiger partial charge in [-0.3, -0.25) is 0 Å². The summed E-state index contributed by atoms with van der Waals surface area (Å²) in [6.45, 7) is 2.65. The summed E-state index contributed by atoms with van der Waals surface area (Å²) >= 11 is 0. The molecule has 0 fully saturated rings. The van der Waals surface area contributed by atoms with Gasteiger partial charge in [0.05, 0.1) is 17.3 Å². The van der Waals surface area contributed by atoms with Gasteiger partial charge in [0, 0.05) is 11.8 Å². The Morgan fingerprint density at radius 1 is 1.04 bits per heavy atom.